The molecular formula is C15H24ClN5. The first-order valence-corrected chi connectivity index (χ1v) is 7.53. The fraction of sp³-hybridized carbons (Fsp3) is 0.600. The standard InChI is InChI=1S/C15H23N5.ClH/c1-12(2)19-11-14(9-18-19)16-7-13-8-17-20(10-13)15-5-3-4-6-15;/h8-12,15-16H,3-7H2,1-2H3;1H. The molecule has 0 aliphatic heterocycles. The molecule has 3 rings (SSSR count). The summed E-state index contributed by atoms with van der Waals surface area (Å²) in [7, 11) is 0. The molecule has 5 nitrogen and oxygen atoms in total. The van der Waals surface area contributed by atoms with Gasteiger partial charge in [-0.1, -0.05) is 12.8 Å². The number of anilines is 1. The van der Waals surface area contributed by atoms with Gasteiger partial charge < -0.3 is 5.32 Å². The van der Waals surface area contributed by atoms with Crippen LogP contribution in [0.2, 0.25) is 0 Å². The number of aromatic nitrogens is 4. The molecule has 116 valence electrons. The average molecular weight is 310 g/mol. The number of halogens is 1. The van der Waals surface area contributed by atoms with Gasteiger partial charge in [0.1, 0.15) is 0 Å². The molecule has 1 aliphatic rings. The summed E-state index contributed by atoms with van der Waals surface area (Å²) in [5, 5.41) is 12.2. The number of hydrogen-bond acceptors (Lipinski definition) is 3. The van der Waals surface area contributed by atoms with Crippen LogP contribution in [-0.4, -0.2) is 19.6 Å². The highest BCUT2D eigenvalue weighted by atomic mass is 35.5. The van der Waals surface area contributed by atoms with Crippen LogP contribution in [0.15, 0.2) is 24.8 Å². The Kier molecular flexibility index (Phi) is 5.28. The SMILES string of the molecule is CC(C)n1cc(NCc2cnn(C3CCCC3)c2)cn1.Cl. The highest BCUT2D eigenvalue weighted by molar-refractivity contribution is 5.85. The van der Waals surface area contributed by atoms with Crippen LogP contribution in [0.5, 0.6) is 0 Å². The minimum absolute atomic E-state index is 0. The lowest BCUT2D eigenvalue weighted by Crippen LogP contribution is -2.04. The topological polar surface area (TPSA) is 47.7 Å². The Labute approximate surface area is 132 Å². The van der Waals surface area contributed by atoms with Crippen LogP contribution in [-0.2, 0) is 6.54 Å². The van der Waals surface area contributed by atoms with Gasteiger partial charge in [0.05, 0.1) is 24.1 Å². The van der Waals surface area contributed by atoms with Crippen LogP contribution < -0.4 is 5.32 Å². The van der Waals surface area contributed by atoms with E-state index in [4.69, 9.17) is 0 Å². The zero-order chi connectivity index (χ0) is 13.9. The van der Waals surface area contributed by atoms with Gasteiger partial charge in [0.15, 0.2) is 0 Å². The fourth-order valence-corrected chi connectivity index (χ4v) is 2.75. The van der Waals surface area contributed by atoms with Gasteiger partial charge in [-0.15, -0.1) is 12.4 Å². The van der Waals surface area contributed by atoms with E-state index in [0.29, 0.717) is 12.1 Å². The molecule has 1 fully saturated rings. The van der Waals surface area contributed by atoms with Gasteiger partial charge in [0.2, 0.25) is 0 Å². The molecule has 0 atom stereocenters. The van der Waals surface area contributed by atoms with E-state index in [1.54, 1.807) is 0 Å². The Morgan fingerprint density at radius 3 is 2.62 bits per heavy atom. The molecule has 1 saturated carbocycles. The van der Waals surface area contributed by atoms with Crippen LogP contribution >= 0.6 is 12.4 Å². The minimum atomic E-state index is 0. The van der Waals surface area contributed by atoms with Gasteiger partial charge in [-0.3, -0.25) is 9.36 Å². The summed E-state index contributed by atoms with van der Waals surface area (Å²) in [6.45, 7) is 5.06. The first kappa shape index (κ1) is 15.9. The lowest BCUT2D eigenvalue weighted by molar-refractivity contribution is 0.466. The molecule has 0 aromatic carbocycles. The van der Waals surface area contributed by atoms with Gasteiger partial charge in [-0.05, 0) is 26.7 Å². The van der Waals surface area contributed by atoms with E-state index in [1.165, 1.54) is 31.2 Å². The highest BCUT2D eigenvalue weighted by Crippen LogP contribution is 2.28. The summed E-state index contributed by atoms with van der Waals surface area (Å²) in [4.78, 5) is 0. The second-order valence-electron chi connectivity index (χ2n) is 5.92. The predicted molar refractivity (Wildman–Crippen MR) is 86.9 cm³/mol. The van der Waals surface area contributed by atoms with Gasteiger partial charge in [0.25, 0.3) is 0 Å². The average Bonchev–Trinajstić information content (AvgIpc) is 3.17. The van der Waals surface area contributed by atoms with Gasteiger partial charge in [-0.25, -0.2) is 0 Å². The number of nitrogens with one attached hydrogen (secondary N) is 1. The van der Waals surface area contributed by atoms with Crippen LogP contribution in [0.3, 0.4) is 0 Å². The largest absolute Gasteiger partial charge is 0.378 e. The molecule has 21 heavy (non-hydrogen) atoms. The van der Waals surface area contributed by atoms with E-state index in [2.05, 4.69) is 40.2 Å². The molecule has 0 bridgehead atoms. The van der Waals surface area contributed by atoms with Crippen LogP contribution in [0.1, 0.15) is 57.2 Å². The van der Waals surface area contributed by atoms with Crippen molar-refractivity contribution in [3.63, 3.8) is 0 Å². The Morgan fingerprint density at radius 1 is 1.19 bits per heavy atom. The van der Waals surface area contributed by atoms with E-state index >= 15 is 0 Å². The summed E-state index contributed by atoms with van der Waals surface area (Å²) in [5.41, 5.74) is 2.29. The molecule has 2 aromatic rings. The zero-order valence-corrected chi connectivity index (χ0v) is 13.5. The molecule has 1 N–H and O–H groups in total. The van der Waals surface area contributed by atoms with Crippen molar-refractivity contribution in [1.82, 2.24) is 19.6 Å². The normalized spacial score (nSPS) is 15.4. The van der Waals surface area contributed by atoms with Gasteiger partial charge in [-0.2, -0.15) is 10.2 Å². The molecule has 2 aromatic heterocycles. The maximum Gasteiger partial charge on any atom is 0.0729 e. The summed E-state index contributed by atoms with van der Waals surface area (Å²) >= 11 is 0. The van der Waals surface area contributed by atoms with E-state index < -0.39 is 0 Å². The second-order valence-corrected chi connectivity index (χ2v) is 5.92. The lowest BCUT2D eigenvalue weighted by atomic mass is 10.2. The molecule has 0 unspecified atom stereocenters. The van der Waals surface area contributed by atoms with E-state index in [9.17, 15) is 0 Å². The van der Waals surface area contributed by atoms with E-state index in [-0.39, 0.29) is 12.4 Å². The Hall–Kier alpha value is -1.49. The van der Waals surface area contributed by atoms with E-state index in [1.807, 2.05) is 23.3 Å². The third kappa shape index (κ3) is 3.79. The lowest BCUT2D eigenvalue weighted by Gasteiger charge is -2.08. The molecule has 0 spiro atoms. The predicted octanol–water partition coefficient (Wildman–Crippen LogP) is 3.81. The molecule has 0 amide bonds. The van der Waals surface area contributed by atoms with Crippen molar-refractivity contribution >= 4 is 18.1 Å². The van der Waals surface area contributed by atoms with Crippen LogP contribution in [0, 0.1) is 0 Å². The Morgan fingerprint density at radius 2 is 1.95 bits per heavy atom. The van der Waals surface area contributed by atoms with Crippen LogP contribution in [0.4, 0.5) is 5.69 Å². The monoisotopic (exact) mass is 309 g/mol. The number of rotatable bonds is 5. The Balaban J connectivity index is 0.00000161. The van der Waals surface area contributed by atoms with Crippen molar-refractivity contribution in [2.45, 2.75) is 58.2 Å². The third-order valence-corrected chi connectivity index (χ3v) is 3.98. The molecule has 2 heterocycles. The molecule has 0 radical (unpaired) electrons. The van der Waals surface area contributed by atoms with E-state index in [0.717, 1.165) is 12.2 Å². The van der Waals surface area contributed by atoms with Crippen molar-refractivity contribution in [3.8, 4) is 0 Å². The van der Waals surface area contributed by atoms with Crippen molar-refractivity contribution in [2.24, 2.45) is 0 Å². The smallest absolute Gasteiger partial charge is 0.0729 e. The number of hydrogen-bond donors (Lipinski definition) is 1. The molecule has 1 aliphatic carbocycles. The van der Waals surface area contributed by atoms with Gasteiger partial charge >= 0.3 is 0 Å². The minimum Gasteiger partial charge on any atom is -0.378 e. The van der Waals surface area contributed by atoms with Gasteiger partial charge in [0, 0.05) is 30.5 Å². The van der Waals surface area contributed by atoms with Crippen molar-refractivity contribution in [3.05, 3.63) is 30.4 Å². The summed E-state index contributed by atoms with van der Waals surface area (Å²) in [6.07, 6.45) is 13.3. The third-order valence-electron chi connectivity index (χ3n) is 3.98. The quantitative estimate of drug-likeness (QED) is 0.913. The summed E-state index contributed by atoms with van der Waals surface area (Å²) in [5.74, 6) is 0. The fourth-order valence-electron chi connectivity index (χ4n) is 2.75. The van der Waals surface area contributed by atoms with Crippen LogP contribution in [0.25, 0.3) is 0 Å². The molecule has 0 saturated heterocycles. The molecule has 6 heteroatoms. The maximum atomic E-state index is 4.50. The first-order chi connectivity index (χ1) is 9.72. The van der Waals surface area contributed by atoms with Crippen molar-refractivity contribution in [2.75, 3.05) is 5.32 Å². The van der Waals surface area contributed by atoms with Crippen molar-refractivity contribution < 1.29 is 0 Å². The Bertz CT molecular complexity index is 554. The first-order valence-electron chi connectivity index (χ1n) is 7.53. The number of nitrogens with zero attached hydrogens (tertiary/aromatic N) is 4. The zero-order valence-electron chi connectivity index (χ0n) is 12.7. The van der Waals surface area contributed by atoms with Crippen molar-refractivity contribution in [1.29, 1.82) is 0 Å². The second kappa shape index (κ2) is 6.98. The maximum absolute atomic E-state index is 4.50. The molecular weight excluding hydrogens is 286 g/mol. The summed E-state index contributed by atoms with van der Waals surface area (Å²) < 4.78 is 4.10. The highest BCUT2D eigenvalue weighted by Gasteiger charge is 2.17. The summed E-state index contributed by atoms with van der Waals surface area (Å²) in [6, 6.07) is 1.02.